The van der Waals surface area contributed by atoms with Crippen LogP contribution in [0.25, 0.3) is 11.3 Å². The maximum atomic E-state index is 12.8. The van der Waals surface area contributed by atoms with Gasteiger partial charge in [0.1, 0.15) is 5.69 Å². The zero-order chi connectivity index (χ0) is 17.9. The molecule has 2 heterocycles. The molecule has 0 bridgehead atoms. The monoisotopic (exact) mass is 372 g/mol. The molecule has 26 heavy (non-hydrogen) atoms. The smallest absolute Gasteiger partial charge is 0.271 e. The number of aromatic amines is 1. The van der Waals surface area contributed by atoms with Gasteiger partial charge in [0.2, 0.25) is 0 Å². The van der Waals surface area contributed by atoms with Gasteiger partial charge in [-0.3, -0.25) is 14.8 Å². The van der Waals surface area contributed by atoms with Crippen LogP contribution in [0.1, 0.15) is 42.6 Å². The average molecular weight is 373 g/mol. The number of rotatable bonds is 3. The molecule has 1 N–H and O–H groups in total. The lowest BCUT2D eigenvalue weighted by Crippen LogP contribution is -2.52. The van der Waals surface area contributed by atoms with E-state index in [1.807, 2.05) is 35.2 Å². The minimum absolute atomic E-state index is 0.0426. The van der Waals surface area contributed by atoms with E-state index in [0.29, 0.717) is 10.7 Å². The molecular weight excluding hydrogens is 348 g/mol. The topological polar surface area (TPSA) is 52.2 Å². The second-order valence-electron chi connectivity index (χ2n) is 7.29. The Labute approximate surface area is 159 Å². The fraction of sp³-hybridized carbons (Fsp3) is 0.500. The number of halogens is 1. The molecule has 1 aliphatic heterocycles. The molecule has 1 saturated carbocycles. The van der Waals surface area contributed by atoms with E-state index in [2.05, 4.69) is 15.1 Å². The van der Waals surface area contributed by atoms with Gasteiger partial charge in [-0.1, -0.05) is 43.0 Å². The summed E-state index contributed by atoms with van der Waals surface area (Å²) in [6.07, 6.45) is 6.72. The van der Waals surface area contributed by atoms with Crippen LogP contribution in [0.3, 0.4) is 0 Å². The predicted molar refractivity (Wildman–Crippen MR) is 103 cm³/mol. The van der Waals surface area contributed by atoms with Crippen molar-refractivity contribution in [1.82, 2.24) is 20.0 Å². The van der Waals surface area contributed by atoms with Crippen molar-refractivity contribution >= 4 is 17.5 Å². The minimum atomic E-state index is 0.0426. The Morgan fingerprint density at radius 2 is 1.73 bits per heavy atom. The highest BCUT2D eigenvalue weighted by Gasteiger charge is 2.28. The molecule has 5 nitrogen and oxygen atoms in total. The zero-order valence-electron chi connectivity index (χ0n) is 15.0. The normalized spacial score (nSPS) is 19.7. The molecule has 0 spiro atoms. The third-order valence-electron chi connectivity index (χ3n) is 5.64. The number of amides is 1. The number of H-pyrrole nitrogens is 1. The molecule has 6 heteroatoms. The van der Waals surface area contributed by atoms with E-state index >= 15 is 0 Å². The van der Waals surface area contributed by atoms with E-state index in [9.17, 15) is 4.79 Å². The van der Waals surface area contributed by atoms with Gasteiger partial charge in [0.05, 0.1) is 5.69 Å². The van der Waals surface area contributed by atoms with Crippen LogP contribution in [0.2, 0.25) is 5.02 Å². The van der Waals surface area contributed by atoms with Gasteiger partial charge < -0.3 is 4.90 Å². The molecular formula is C20H25ClN4O. The van der Waals surface area contributed by atoms with E-state index in [1.54, 1.807) is 0 Å². The number of nitrogens with one attached hydrogen (secondary N) is 1. The summed E-state index contributed by atoms with van der Waals surface area (Å²) in [7, 11) is 0. The van der Waals surface area contributed by atoms with Gasteiger partial charge in [-0.2, -0.15) is 5.10 Å². The van der Waals surface area contributed by atoms with Crippen LogP contribution in [-0.2, 0) is 0 Å². The Balaban J connectivity index is 1.37. The lowest BCUT2D eigenvalue weighted by molar-refractivity contribution is 0.0518. The fourth-order valence-corrected chi connectivity index (χ4v) is 4.23. The Morgan fingerprint density at radius 1 is 1.04 bits per heavy atom. The van der Waals surface area contributed by atoms with Gasteiger partial charge >= 0.3 is 0 Å². The Hall–Kier alpha value is -1.85. The molecule has 2 fully saturated rings. The van der Waals surface area contributed by atoms with Gasteiger partial charge in [0, 0.05) is 42.8 Å². The summed E-state index contributed by atoms with van der Waals surface area (Å²) < 4.78 is 0. The predicted octanol–water partition coefficient (Wildman–Crippen LogP) is 3.82. The number of hydrogen-bond acceptors (Lipinski definition) is 3. The van der Waals surface area contributed by atoms with Crippen LogP contribution in [0.5, 0.6) is 0 Å². The van der Waals surface area contributed by atoms with Crippen LogP contribution in [0.15, 0.2) is 30.3 Å². The van der Waals surface area contributed by atoms with Gasteiger partial charge in [0.15, 0.2) is 0 Å². The standard InChI is InChI=1S/C20H25ClN4O/c21-16-8-6-15(7-9-16)18-14-19(23-22-18)20(26)25-12-10-24(11-13-25)17-4-2-1-3-5-17/h6-9,14,17H,1-5,10-13H2,(H,22,23). The lowest BCUT2D eigenvalue weighted by atomic mass is 9.94. The highest BCUT2D eigenvalue weighted by Crippen LogP contribution is 2.24. The van der Waals surface area contributed by atoms with Gasteiger partial charge in [-0.05, 0) is 31.0 Å². The number of benzene rings is 1. The molecule has 2 aliphatic rings. The molecule has 2 aromatic rings. The van der Waals surface area contributed by atoms with Crippen LogP contribution in [-0.4, -0.2) is 58.1 Å². The fourth-order valence-electron chi connectivity index (χ4n) is 4.11. The van der Waals surface area contributed by atoms with Crippen molar-refractivity contribution in [3.63, 3.8) is 0 Å². The third kappa shape index (κ3) is 3.79. The molecule has 1 saturated heterocycles. The first-order valence-corrected chi connectivity index (χ1v) is 9.93. The highest BCUT2D eigenvalue weighted by molar-refractivity contribution is 6.30. The Bertz CT molecular complexity index is 743. The van der Waals surface area contributed by atoms with Crippen LogP contribution in [0, 0.1) is 0 Å². The van der Waals surface area contributed by atoms with E-state index < -0.39 is 0 Å². The summed E-state index contributed by atoms with van der Waals surface area (Å²) in [5.74, 6) is 0.0426. The minimum Gasteiger partial charge on any atom is -0.335 e. The van der Waals surface area contributed by atoms with Crippen molar-refractivity contribution in [1.29, 1.82) is 0 Å². The van der Waals surface area contributed by atoms with Crippen molar-refractivity contribution in [3.05, 3.63) is 41.0 Å². The molecule has 0 unspecified atom stereocenters. The number of carbonyl (C=O) groups is 1. The number of hydrogen-bond donors (Lipinski definition) is 1. The number of carbonyl (C=O) groups excluding carboxylic acids is 1. The maximum Gasteiger partial charge on any atom is 0.271 e. The quantitative estimate of drug-likeness (QED) is 0.891. The summed E-state index contributed by atoms with van der Waals surface area (Å²) in [6, 6.07) is 10.0. The first kappa shape index (κ1) is 17.6. The average Bonchev–Trinajstić information content (AvgIpc) is 3.19. The van der Waals surface area contributed by atoms with Crippen molar-refractivity contribution in [2.75, 3.05) is 26.2 Å². The lowest BCUT2D eigenvalue weighted by Gasteiger charge is -2.40. The van der Waals surface area contributed by atoms with E-state index in [-0.39, 0.29) is 5.91 Å². The van der Waals surface area contributed by atoms with Crippen molar-refractivity contribution in [2.24, 2.45) is 0 Å². The number of aromatic nitrogens is 2. The number of nitrogens with zero attached hydrogens (tertiary/aromatic N) is 3. The second kappa shape index (κ2) is 7.80. The summed E-state index contributed by atoms with van der Waals surface area (Å²) in [6.45, 7) is 3.55. The SMILES string of the molecule is O=C(c1cc(-c2ccc(Cl)cc2)n[nH]1)N1CCN(C2CCCCC2)CC1. The maximum absolute atomic E-state index is 12.8. The van der Waals surface area contributed by atoms with E-state index in [4.69, 9.17) is 11.6 Å². The molecule has 0 radical (unpaired) electrons. The molecule has 0 atom stereocenters. The zero-order valence-corrected chi connectivity index (χ0v) is 15.7. The molecule has 1 aliphatic carbocycles. The third-order valence-corrected chi connectivity index (χ3v) is 5.89. The largest absolute Gasteiger partial charge is 0.335 e. The number of piperazine rings is 1. The first-order chi connectivity index (χ1) is 12.7. The van der Waals surface area contributed by atoms with Gasteiger partial charge in [-0.25, -0.2) is 0 Å². The van der Waals surface area contributed by atoms with Crippen LogP contribution in [0.4, 0.5) is 0 Å². The Kier molecular flexibility index (Phi) is 5.27. The van der Waals surface area contributed by atoms with Crippen molar-refractivity contribution in [2.45, 2.75) is 38.1 Å². The summed E-state index contributed by atoms with van der Waals surface area (Å²) >= 11 is 5.93. The van der Waals surface area contributed by atoms with E-state index in [1.165, 1.54) is 32.1 Å². The van der Waals surface area contributed by atoms with Crippen LogP contribution < -0.4 is 0 Å². The molecule has 1 aromatic carbocycles. The van der Waals surface area contributed by atoms with Crippen molar-refractivity contribution < 1.29 is 4.79 Å². The van der Waals surface area contributed by atoms with Gasteiger partial charge in [0.25, 0.3) is 5.91 Å². The Morgan fingerprint density at radius 3 is 2.42 bits per heavy atom. The first-order valence-electron chi connectivity index (χ1n) is 9.55. The van der Waals surface area contributed by atoms with Crippen molar-refractivity contribution in [3.8, 4) is 11.3 Å². The summed E-state index contributed by atoms with van der Waals surface area (Å²) in [5, 5.41) is 7.89. The molecule has 138 valence electrons. The second-order valence-corrected chi connectivity index (χ2v) is 7.73. The van der Waals surface area contributed by atoms with Crippen LogP contribution >= 0.6 is 11.6 Å². The summed E-state index contributed by atoms with van der Waals surface area (Å²) in [5.41, 5.74) is 2.28. The molecule has 1 aromatic heterocycles. The van der Waals surface area contributed by atoms with E-state index in [0.717, 1.165) is 43.5 Å². The molecule has 4 rings (SSSR count). The summed E-state index contributed by atoms with van der Waals surface area (Å²) in [4.78, 5) is 17.3. The highest BCUT2D eigenvalue weighted by atomic mass is 35.5. The molecule has 1 amide bonds. The van der Waals surface area contributed by atoms with Gasteiger partial charge in [-0.15, -0.1) is 0 Å².